The maximum Gasteiger partial charge on any atom is 0.270 e. The molecule has 29 heavy (non-hydrogen) atoms. The number of nitrogens with two attached hydrogens (primary N) is 1. The molecule has 8 heteroatoms. The van der Waals surface area contributed by atoms with Crippen LogP contribution in [0, 0.1) is 10.1 Å². The van der Waals surface area contributed by atoms with Gasteiger partial charge in [0.25, 0.3) is 11.2 Å². The first-order valence-electron chi connectivity index (χ1n) is 8.77. The van der Waals surface area contributed by atoms with Crippen molar-refractivity contribution in [3.05, 3.63) is 92.4 Å². The van der Waals surface area contributed by atoms with Crippen LogP contribution in [0.4, 0.5) is 5.69 Å². The molecule has 0 radical (unpaired) electrons. The monoisotopic (exact) mass is 393 g/mol. The number of nitro benzene ring substituents is 1. The summed E-state index contributed by atoms with van der Waals surface area (Å²) in [4.78, 5) is 34.0. The Morgan fingerprint density at radius 3 is 2.59 bits per heavy atom. The number of carbonyl (C=O) groups excluding carboxylic acids is 1. The lowest BCUT2D eigenvalue weighted by molar-refractivity contribution is -0.384. The summed E-state index contributed by atoms with van der Waals surface area (Å²) in [6, 6.07) is 14.6. The van der Waals surface area contributed by atoms with Gasteiger partial charge in [0.2, 0.25) is 5.91 Å². The number of methoxy groups -OCH3 is 1. The molecule has 0 aliphatic carbocycles. The Kier molecular flexibility index (Phi) is 5.73. The van der Waals surface area contributed by atoms with Crippen molar-refractivity contribution in [3.63, 3.8) is 0 Å². The van der Waals surface area contributed by atoms with Gasteiger partial charge in [0.15, 0.2) is 0 Å². The number of carbonyl (C=O) groups is 1. The first-order valence-corrected chi connectivity index (χ1v) is 8.77. The number of pyridine rings is 1. The smallest absolute Gasteiger partial charge is 0.270 e. The van der Waals surface area contributed by atoms with Crippen LogP contribution in [0.2, 0.25) is 0 Å². The van der Waals surface area contributed by atoms with Gasteiger partial charge in [-0.15, -0.1) is 0 Å². The standard InChI is InChI=1S/C21H19N3O5/c1-29-19-7-5-14(9-18(19)16-3-2-4-17(11-16)24(27)28)12-23-13-15(10-20(22)25)6-8-21(23)26/h2-9,11,13H,10,12H2,1H3,(H2,22,25). The second kappa shape index (κ2) is 8.39. The molecule has 3 rings (SSSR count). The fourth-order valence-electron chi connectivity index (χ4n) is 3.07. The highest BCUT2D eigenvalue weighted by Crippen LogP contribution is 2.33. The quantitative estimate of drug-likeness (QED) is 0.489. The Morgan fingerprint density at radius 2 is 1.90 bits per heavy atom. The number of hydrogen-bond acceptors (Lipinski definition) is 5. The molecule has 1 heterocycles. The Morgan fingerprint density at radius 1 is 1.14 bits per heavy atom. The van der Waals surface area contributed by atoms with E-state index in [4.69, 9.17) is 10.5 Å². The lowest BCUT2D eigenvalue weighted by Gasteiger charge is -2.13. The van der Waals surface area contributed by atoms with Gasteiger partial charge >= 0.3 is 0 Å². The zero-order chi connectivity index (χ0) is 21.0. The molecule has 1 amide bonds. The van der Waals surface area contributed by atoms with Gasteiger partial charge in [-0.2, -0.15) is 0 Å². The van der Waals surface area contributed by atoms with Gasteiger partial charge in [-0.05, 0) is 28.8 Å². The predicted octanol–water partition coefficient (Wildman–Crippen LogP) is 2.51. The first-order chi connectivity index (χ1) is 13.9. The molecular formula is C21H19N3O5. The molecule has 0 aliphatic heterocycles. The SMILES string of the molecule is COc1ccc(Cn2cc(CC(N)=O)ccc2=O)cc1-c1cccc([N+](=O)[O-])c1. The van der Waals surface area contributed by atoms with Gasteiger partial charge in [0.05, 0.1) is 25.0 Å². The van der Waals surface area contributed by atoms with Crippen molar-refractivity contribution < 1.29 is 14.5 Å². The number of amides is 1. The largest absolute Gasteiger partial charge is 0.496 e. The van der Waals surface area contributed by atoms with Gasteiger partial charge in [-0.1, -0.05) is 24.3 Å². The van der Waals surface area contributed by atoms with Crippen molar-refractivity contribution in [2.45, 2.75) is 13.0 Å². The van der Waals surface area contributed by atoms with Crippen LogP contribution in [0.1, 0.15) is 11.1 Å². The number of nitrogens with zero attached hydrogens (tertiary/aromatic N) is 2. The van der Waals surface area contributed by atoms with E-state index in [2.05, 4.69) is 0 Å². The fourth-order valence-corrected chi connectivity index (χ4v) is 3.07. The summed E-state index contributed by atoms with van der Waals surface area (Å²) in [5.41, 5.74) is 7.74. The molecule has 3 aromatic rings. The van der Waals surface area contributed by atoms with Crippen LogP contribution in [0.15, 0.2) is 65.6 Å². The molecule has 2 aromatic carbocycles. The predicted molar refractivity (Wildman–Crippen MR) is 108 cm³/mol. The molecule has 8 nitrogen and oxygen atoms in total. The number of non-ortho nitro benzene ring substituents is 1. The summed E-state index contributed by atoms with van der Waals surface area (Å²) >= 11 is 0. The summed E-state index contributed by atoms with van der Waals surface area (Å²) in [7, 11) is 1.52. The van der Waals surface area contributed by atoms with E-state index in [0.29, 0.717) is 22.4 Å². The van der Waals surface area contributed by atoms with Crippen LogP contribution >= 0.6 is 0 Å². The lowest BCUT2D eigenvalue weighted by atomic mass is 10.0. The van der Waals surface area contributed by atoms with Gasteiger partial charge in [-0.25, -0.2) is 0 Å². The van der Waals surface area contributed by atoms with E-state index in [1.54, 1.807) is 30.5 Å². The van der Waals surface area contributed by atoms with Crippen molar-refractivity contribution in [2.24, 2.45) is 5.73 Å². The number of rotatable bonds is 7. The van der Waals surface area contributed by atoms with Gasteiger partial charge < -0.3 is 15.0 Å². The van der Waals surface area contributed by atoms with Crippen LogP contribution in [-0.4, -0.2) is 22.5 Å². The minimum atomic E-state index is -0.479. The van der Waals surface area contributed by atoms with Crippen LogP contribution in [0.3, 0.4) is 0 Å². The van der Waals surface area contributed by atoms with Gasteiger partial charge in [0, 0.05) is 30.0 Å². The number of hydrogen-bond donors (Lipinski definition) is 1. The van der Waals surface area contributed by atoms with Crippen molar-refractivity contribution in [1.29, 1.82) is 0 Å². The third-order valence-electron chi connectivity index (χ3n) is 4.41. The molecule has 0 fully saturated rings. The van der Waals surface area contributed by atoms with Crippen LogP contribution in [0.5, 0.6) is 5.75 Å². The molecule has 0 aliphatic rings. The number of primary amides is 1. The second-order valence-electron chi connectivity index (χ2n) is 6.49. The highest BCUT2D eigenvalue weighted by Gasteiger charge is 2.12. The highest BCUT2D eigenvalue weighted by atomic mass is 16.6. The van der Waals surface area contributed by atoms with Gasteiger partial charge in [0.1, 0.15) is 5.75 Å². The third kappa shape index (κ3) is 4.67. The van der Waals surface area contributed by atoms with Crippen LogP contribution < -0.4 is 16.0 Å². The summed E-state index contributed by atoms with van der Waals surface area (Å²) in [6.45, 7) is 0.261. The molecule has 0 unspecified atom stereocenters. The summed E-state index contributed by atoms with van der Waals surface area (Å²) < 4.78 is 6.89. The van der Waals surface area contributed by atoms with E-state index in [9.17, 15) is 19.7 Å². The van der Waals surface area contributed by atoms with Crippen LogP contribution in [0.25, 0.3) is 11.1 Å². The number of nitro groups is 1. The van der Waals surface area contributed by atoms with E-state index >= 15 is 0 Å². The minimum Gasteiger partial charge on any atom is -0.496 e. The zero-order valence-corrected chi connectivity index (χ0v) is 15.7. The van der Waals surface area contributed by atoms with E-state index < -0.39 is 10.8 Å². The minimum absolute atomic E-state index is 0.0228. The molecule has 2 N–H and O–H groups in total. The molecule has 0 spiro atoms. The highest BCUT2D eigenvalue weighted by molar-refractivity contribution is 5.76. The Labute approximate surface area is 166 Å². The maximum atomic E-state index is 12.2. The van der Waals surface area contributed by atoms with E-state index in [0.717, 1.165) is 5.56 Å². The van der Waals surface area contributed by atoms with Gasteiger partial charge in [-0.3, -0.25) is 19.7 Å². The second-order valence-corrected chi connectivity index (χ2v) is 6.49. The Hall–Kier alpha value is -3.94. The maximum absolute atomic E-state index is 12.2. The topological polar surface area (TPSA) is 117 Å². The van der Waals surface area contributed by atoms with Crippen molar-refractivity contribution >= 4 is 11.6 Å². The normalized spacial score (nSPS) is 10.5. The Bertz CT molecular complexity index is 1140. The molecule has 0 saturated heterocycles. The fraction of sp³-hybridized carbons (Fsp3) is 0.143. The summed E-state index contributed by atoms with van der Waals surface area (Å²) in [5, 5.41) is 11.1. The molecule has 148 valence electrons. The average molecular weight is 393 g/mol. The number of benzene rings is 2. The zero-order valence-electron chi connectivity index (χ0n) is 15.7. The van der Waals surface area contributed by atoms with Crippen molar-refractivity contribution in [3.8, 4) is 16.9 Å². The average Bonchev–Trinajstić information content (AvgIpc) is 2.70. The molecular weight excluding hydrogens is 374 g/mol. The first kappa shape index (κ1) is 19.8. The lowest BCUT2D eigenvalue weighted by Crippen LogP contribution is -2.21. The molecule has 0 saturated carbocycles. The number of aromatic nitrogens is 1. The third-order valence-corrected chi connectivity index (χ3v) is 4.41. The summed E-state index contributed by atoms with van der Waals surface area (Å²) in [6.07, 6.45) is 1.65. The van der Waals surface area contributed by atoms with Crippen molar-refractivity contribution in [1.82, 2.24) is 4.57 Å². The van der Waals surface area contributed by atoms with Crippen LogP contribution in [-0.2, 0) is 17.8 Å². The molecule has 0 bridgehead atoms. The van der Waals surface area contributed by atoms with E-state index in [1.165, 1.54) is 29.9 Å². The summed E-state index contributed by atoms with van der Waals surface area (Å²) in [5.74, 6) is 0.0803. The Balaban J connectivity index is 2.00. The number of ether oxygens (including phenoxy) is 1. The van der Waals surface area contributed by atoms with E-state index in [1.807, 2.05) is 12.1 Å². The van der Waals surface area contributed by atoms with E-state index in [-0.39, 0.29) is 24.2 Å². The van der Waals surface area contributed by atoms with Crippen molar-refractivity contribution in [2.75, 3.05) is 7.11 Å². The molecule has 0 atom stereocenters. The molecule has 1 aromatic heterocycles.